The summed E-state index contributed by atoms with van der Waals surface area (Å²) in [5, 5.41) is 13.8. The molecule has 0 aliphatic carbocycles. The zero-order valence-corrected chi connectivity index (χ0v) is 9.25. The lowest BCUT2D eigenvalue weighted by Gasteiger charge is -2.19. The molecule has 0 bridgehead atoms. The van der Waals surface area contributed by atoms with Crippen molar-refractivity contribution in [3.63, 3.8) is 0 Å². The molecular weight excluding hydrogens is 198 g/mol. The molecule has 2 atom stereocenters. The minimum absolute atomic E-state index is 0.0402. The van der Waals surface area contributed by atoms with E-state index in [0.29, 0.717) is 5.02 Å². The number of hydrogen-bond acceptors (Lipinski definition) is 2. The number of benzene rings is 1. The van der Waals surface area contributed by atoms with Crippen LogP contribution in [0.3, 0.4) is 0 Å². The van der Waals surface area contributed by atoms with Gasteiger partial charge >= 0.3 is 0 Å². The zero-order chi connectivity index (χ0) is 10.6. The summed E-state index contributed by atoms with van der Waals surface area (Å²) < 4.78 is 0. The van der Waals surface area contributed by atoms with Crippen LogP contribution in [0.2, 0.25) is 5.02 Å². The van der Waals surface area contributed by atoms with E-state index in [1.807, 2.05) is 26.0 Å². The van der Waals surface area contributed by atoms with Crippen LogP contribution in [0.5, 0.6) is 0 Å². The Balaban J connectivity index is 2.73. The van der Waals surface area contributed by atoms with Gasteiger partial charge in [-0.3, -0.25) is 0 Å². The monoisotopic (exact) mass is 213 g/mol. The SMILES string of the molecule is CCNC(C)C(O)c1cccc(Cl)c1. The van der Waals surface area contributed by atoms with E-state index in [4.69, 9.17) is 11.6 Å². The van der Waals surface area contributed by atoms with Crippen LogP contribution in [0.1, 0.15) is 25.5 Å². The largest absolute Gasteiger partial charge is 0.387 e. The molecule has 2 nitrogen and oxygen atoms in total. The van der Waals surface area contributed by atoms with Gasteiger partial charge in [-0.25, -0.2) is 0 Å². The van der Waals surface area contributed by atoms with E-state index in [1.54, 1.807) is 12.1 Å². The van der Waals surface area contributed by atoms with Crippen molar-refractivity contribution in [3.8, 4) is 0 Å². The van der Waals surface area contributed by atoms with E-state index < -0.39 is 6.10 Å². The predicted octanol–water partition coefficient (Wildman–Crippen LogP) is 2.37. The van der Waals surface area contributed by atoms with Crippen LogP contribution in [0, 0.1) is 0 Å². The molecule has 0 spiro atoms. The quantitative estimate of drug-likeness (QED) is 0.805. The first-order valence-electron chi connectivity index (χ1n) is 4.82. The Bertz CT molecular complexity index is 290. The Morgan fingerprint density at radius 2 is 2.21 bits per heavy atom. The third kappa shape index (κ3) is 2.98. The van der Waals surface area contributed by atoms with Crippen molar-refractivity contribution in [2.45, 2.75) is 26.0 Å². The number of rotatable bonds is 4. The number of aliphatic hydroxyl groups excluding tert-OH is 1. The summed E-state index contributed by atoms with van der Waals surface area (Å²) in [6.45, 7) is 4.81. The zero-order valence-electron chi connectivity index (χ0n) is 8.50. The van der Waals surface area contributed by atoms with Crippen LogP contribution >= 0.6 is 11.6 Å². The maximum Gasteiger partial charge on any atom is 0.0940 e. The van der Waals surface area contributed by atoms with Crippen LogP contribution in [-0.2, 0) is 0 Å². The van der Waals surface area contributed by atoms with Crippen molar-refractivity contribution in [1.82, 2.24) is 5.32 Å². The summed E-state index contributed by atoms with van der Waals surface area (Å²) in [4.78, 5) is 0. The lowest BCUT2D eigenvalue weighted by atomic mass is 10.0. The second-order valence-electron chi connectivity index (χ2n) is 3.35. The Kier molecular flexibility index (Phi) is 4.39. The first-order chi connectivity index (χ1) is 6.65. The second-order valence-corrected chi connectivity index (χ2v) is 3.78. The average Bonchev–Trinajstić information content (AvgIpc) is 2.17. The molecule has 0 saturated heterocycles. The molecule has 1 aromatic rings. The van der Waals surface area contributed by atoms with E-state index in [2.05, 4.69) is 5.32 Å². The van der Waals surface area contributed by atoms with Gasteiger partial charge < -0.3 is 10.4 Å². The number of likely N-dealkylation sites (N-methyl/N-ethyl adjacent to an activating group) is 1. The number of hydrogen-bond donors (Lipinski definition) is 2. The van der Waals surface area contributed by atoms with Crippen LogP contribution in [0.15, 0.2) is 24.3 Å². The molecule has 3 heteroatoms. The van der Waals surface area contributed by atoms with Gasteiger partial charge in [0.05, 0.1) is 6.10 Å². The number of nitrogens with one attached hydrogen (secondary N) is 1. The molecule has 78 valence electrons. The van der Waals surface area contributed by atoms with Crippen LogP contribution in [0.4, 0.5) is 0 Å². The molecule has 1 rings (SSSR count). The van der Waals surface area contributed by atoms with Crippen molar-refractivity contribution < 1.29 is 5.11 Å². The Labute approximate surface area is 89.9 Å². The Morgan fingerprint density at radius 3 is 2.79 bits per heavy atom. The molecule has 2 N–H and O–H groups in total. The summed E-state index contributed by atoms with van der Waals surface area (Å²) in [6, 6.07) is 7.36. The fraction of sp³-hybridized carbons (Fsp3) is 0.455. The lowest BCUT2D eigenvalue weighted by molar-refractivity contribution is 0.137. The third-order valence-corrected chi connectivity index (χ3v) is 2.42. The van der Waals surface area contributed by atoms with Crippen molar-refractivity contribution in [2.75, 3.05) is 6.54 Å². The van der Waals surface area contributed by atoms with Gasteiger partial charge in [0.15, 0.2) is 0 Å². The van der Waals surface area contributed by atoms with Crippen molar-refractivity contribution in [1.29, 1.82) is 0 Å². The van der Waals surface area contributed by atoms with E-state index in [1.165, 1.54) is 0 Å². The minimum Gasteiger partial charge on any atom is -0.387 e. The van der Waals surface area contributed by atoms with Gasteiger partial charge in [0.2, 0.25) is 0 Å². The predicted molar refractivity (Wildman–Crippen MR) is 59.6 cm³/mol. The molecule has 0 amide bonds. The highest BCUT2D eigenvalue weighted by molar-refractivity contribution is 6.30. The van der Waals surface area contributed by atoms with Crippen molar-refractivity contribution >= 4 is 11.6 Å². The molecule has 1 aromatic carbocycles. The molecule has 0 aliphatic heterocycles. The molecule has 2 unspecified atom stereocenters. The normalized spacial score (nSPS) is 15.1. The smallest absolute Gasteiger partial charge is 0.0940 e. The van der Waals surface area contributed by atoms with Gasteiger partial charge in [-0.1, -0.05) is 30.7 Å². The molecule has 0 fully saturated rings. The fourth-order valence-electron chi connectivity index (χ4n) is 1.41. The van der Waals surface area contributed by atoms with Gasteiger partial charge in [-0.05, 0) is 31.2 Å². The van der Waals surface area contributed by atoms with Crippen LogP contribution in [-0.4, -0.2) is 17.7 Å². The molecule has 14 heavy (non-hydrogen) atoms. The summed E-state index contributed by atoms with van der Waals surface area (Å²) in [6.07, 6.45) is -0.506. The topological polar surface area (TPSA) is 32.3 Å². The van der Waals surface area contributed by atoms with E-state index in [0.717, 1.165) is 12.1 Å². The molecule has 0 heterocycles. The van der Waals surface area contributed by atoms with Gasteiger partial charge in [0.25, 0.3) is 0 Å². The molecule has 0 aliphatic rings. The summed E-state index contributed by atoms with van der Waals surface area (Å²) >= 11 is 5.84. The summed E-state index contributed by atoms with van der Waals surface area (Å²) in [5.41, 5.74) is 0.853. The van der Waals surface area contributed by atoms with E-state index in [9.17, 15) is 5.11 Å². The maximum atomic E-state index is 9.92. The molecule has 0 saturated carbocycles. The summed E-state index contributed by atoms with van der Waals surface area (Å²) in [7, 11) is 0. The highest BCUT2D eigenvalue weighted by Crippen LogP contribution is 2.20. The fourth-order valence-corrected chi connectivity index (χ4v) is 1.61. The third-order valence-electron chi connectivity index (χ3n) is 2.19. The van der Waals surface area contributed by atoms with Gasteiger partial charge in [-0.2, -0.15) is 0 Å². The van der Waals surface area contributed by atoms with E-state index >= 15 is 0 Å². The molecular formula is C11H16ClNO. The maximum absolute atomic E-state index is 9.92. The first-order valence-corrected chi connectivity index (χ1v) is 5.20. The first kappa shape index (κ1) is 11.5. The van der Waals surface area contributed by atoms with Gasteiger partial charge in [0, 0.05) is 11.1 Å². The summed E-state index contributed by atoms with van der Waals surface area (Å²) in [5.74, 6) is 0. The highest BCUT2D eigenvalue weighted by Gasteiger charge is 2.14. The van der Waals surface area contributed by atoms with E-state index in [-0.39, 0.29) is 6.04 Å². The Hall–Kier alpha value is -0.570. The molecule has 0 radical (unpaired) electrons. The molecule has 0 aromatic heterocycles. The number of aliphatic hydroxyl groups is 1. The standard InChI is InChI=1S/C11H16ClNO/c1-3-13-8(2)11(14)9-5-4-6-10(12)7-9/h4-8,11,13-14H,3H2,1-2H3. The average molecular weight is 214 g/mol. The number of halogens is 1. The highest BCUT2D eigenvalue weighted by atomic mass is 35.5. The van der Waals surface area contributed by atoms with Crippen LogP contribution in [0.25, 0.3) is 0 Å². The van der Waals surface area contributed by atoms with Gasteiger partial charge in [0.1, 0.15) is 0 Å². The Morgan fingerprint density at radius 1 is 1.50 bits per heavy atom. The van der Waals surface area contributed by atoms with Crippen LogP contribution < -0.4 is 5.32 Å². The van der Waals surface area contributed by atoms with Crippen molar-refractivity contribution in [2.24, 2.45) is 0 Å². The second kappa shape index (κ2) is 5.35. The minimum atomic E-state index is -0.506. The van der Waals surface area contributed by atoms with Gasteiger partial charge in [-0.15, -0.1) is 0 Å². The lowest BCUT2D eigenvalue weighted by Crippen LogP contribution is -2.31. The van der Waals surface area contributed by atoms with Crippen molar-refractivity contribution in [3.05, 3.63) is 34.9 Å².